The number of aliphatic imine (C=N–C) groups is 1. The van der Waals surface area contributed by atoms with Crippen molar-refractivity contribution in [3.63, 3.8) is 0 Å². The molecule has 1 aromatic carbocycles. The van der Waals surface area contributed by atoms with Crippen molar-refractivity contribution in [1.29, 1.82) is 0 Å². The number of guanidine groups is 1. The highest BCUT2D eigenvalue weighted by atomic mass is 16.5. The van der Waals surface area contributed by atoms with Crippen LogP contribution in [-0.4, -0.2) is 89.3 Å². The standard InChI is InChI=1S/C20H27N5O4/c1-13-7-3-4-8-15(13)29-12-14(26)11-25-16-17(23(2)20(28)22-18(16)27)21-19(25)24-9-5-6-10-24/h3-4,7-8,14,16-17,26H,5-6,9-12H2,1-2H3,(H,22,27,28). The summed E-state index contributed by atoms with van der Waals surface area (Å²) in [5, 5.41) is 13.0. The topological polar surface area (TPSA) is 97.7 Å². The molecule has 3 atom stereocenters. The number of hydrogen-bond acceptors (Lipinski definition) is 7. The predicted molar refractivity (Wildman–Crippen MR) is 107 cm³/mol. The molecule has 9 heteroatoms. The van der Waals surface area contributed by atoms with Crippen molar-refractivity contribution in [3.8, 4) is 5.75 Å². The zero-order valence-electron chi connectivity index (χ0n) is 16.7. The summed E-state index contributed by atoms with van der Waals surface area (Å²) >= 11 is 0. The molecule has 3 amide bonds. The Morgan fingerprint density at radius 3 is 2.72 bits per heavy atom. The number of carbonyl (C=O) groups is 2. The maximum absolute atomic E-state index is 12.6. The van der Waals surface area contributed by atoms with Crippen LogP contribution in [0.4, 0.5) is 4.79 Å². The van der Waals surface area contributed by atoms with Crippen LogP contribution in [0.25, 0.3) is 0 Å². The van der Waals surface area contributed by atoms with E-state index in [1.807, 2.05) is 36.1 Å². The number of urea groups is 1. The number of aliphatic hydroxyl groups is 1. The van der Waals surface area contributed by atoms with E-state index < -0.39 is 24.3 Å². The number of rotatable bonds is 5. The third-order valence-electron chi connectivity index (χ3n) is 5.66. The van der Waals surface area contributed by atoms with Crippen LogP contribution in [0.5, 0.6) is 5.75 Å². The first-order valence-electron chi connectivity index (χ1n) is 9.99. The second kappa shape index (κ2) is 7.90. The van der Waals surface area contributed by atoms with Crippen LogP contribution >= 0.6 is 0 Å². The lowest BCUT2D eigenvalue weighted by Crippen LogP contribution is -2.65. The number of β-amino-alcohol motifs (C(OH)–C–C–N with tert-alkyl or cyclic N) is 1. The number of nitrogens with one attached hydrogen (secondary N) is 1. The summed E-state index contributed by atoms with van der Waals surface area (Å²) in [6, 6.07) is 6.52. The van der Waals surface area contributed by atoms with Gasteiger partial charge in [-0.3, -0.25) is 10.1 Å². The largest absolute Gasteiger partial charge is 0.491 e. The number of fused-ring (bicyclic) bond motifs is 1. The first-order valence-corrected chi connectivity index (χ1v) is 9.99. The number of aliphatic hydroxyl groups excluding tert-OH is 1. The third-order valence-corrected chi connectivity index (χ3v) is 5.66. The number of imide groups is 1. The zero-order chi connectivity index (χ0) is 20.5. The molecule has 0 bridgehead atoms. The van der Waals surface area contributed by atoms with Crippen molar-refractivity contribution in [2.24, 2.45) is 4.99 Å². The number of benzene rings is 1. The highest BCUT2D eigenvalue weighted by Gasteiger charge is 2.50. The molecule has 3 aliphatic rings. The lowest BCUT2D eigenvalue weighted by atomic mass is 10.1. The summed E-state index contributed by atoms with van der Waals surface area (Å²) in [7, 11) is 1.63. The van der Waals surface area contributed by atoms with Crippen LogP contribution in [0.15, 0.2) is 29.3 Å². The Hall–Kier alpha value is -2.81. The fourth-order valence-corrected chi connectivity index (χ4v) is 4.07. The molecule has 2 fully saturated rings. The number of aryl methyl sites for hydroxylation is 1. The summed E-state index contributed by atoms with van der Waals surface area (Å²) in [4.78, 5) is 34.7. The van der Waals surface area contributed by atoms with Gasteiger partial charge in [0.2, 0.25) is 0 Å². The van der Waals surface area contributed by atoms with Crippen LogP contribution in [0.1, 0.15) is 18.4 Å². The van der Waals surface area contributed by atoms with E-state index in [1.165, 1.54) is 4.90 Å². The molecule has 29 heavy (non-hydrogen) atoms. The molecular formula is C20H27N5O4. The van der Waals surface area contributed by atoms with Gasteiger partial charge in [0.15, 0.2) is 18.2 Å². The fraction of sp³-hybridized carbons (Fsp3) is 0.550. The molecule has 3 heterocycles. The Bertz CT molecular complexity index is 823. The van der Waals surface area contributed by atoms with Gasteiger partial charge in [-0.2, -0.15) is 0 Å². The lowest BCUT2D eigenvalue weighted by Gasteiger charge is -2.37. The van der Waals surface area contributed by atoms with Crippen LogP contribution < -0.4 is 10.1 Å². The van der Waals surface area contributed by atoms with E-state index in [0.29, 0.717) is 5.96 Å². The molecule has 4 rings (SSSR count). The number of amides is 3. The van der Waals surface area contributed by atoms with Crippen LogP contribution in [0.3, 0.4) is 0 Å². The lowest BCUT2D eigenvalue weighted by molar-refractivity contribution is -0.127. The van der Waals surface area contributed by atoms with Gasteiger partial charge in [-0.1, -0.05) is 18.2 Å². The van der Waals surface area contributed by atoms with Gasteiger partial charge < -0.3 is 24.5 Å². The minimum atomic E-state index is -0.822. The van der Waals surface area contributed by atoms with Crippen LogP contribution in [-0.2, 0) is 4.79 Å². The van der Waals surface area contributed by atoms with Crippen molar-refractivity contribution in [1.82, 2.24) is 20.0 Å². The summed E-state index contributed by atoms with van der Waals surface area (Å²) in [5.41, 5.74) is 0.993. The van der Waals surface area contributed by atoms with Gasteiger partial charge in [-0.25, -0.2) is 9.79 Å². The van der Waals surface area contributed by atoms with E-state index in [2.05, 4.69) is 10.2 Å². The minimum Gasteiger partial charge on any atom is -0.491 e. The molecule has 2 N–H and O–H groups in total. The molecule has 3 unspecified atom stereocenters. The summed E-state index contributed by atoms with van der Waals surface area (Å²) in [5.74, 6) is 1.01. The smallest absolute Gasteiger partial charge is 0.325 e. The van der Waals surface area contributed by atoms with E-state index >= 15 is 0 Å². The Morgan fingerprint density at radius 1 is 1.28 bits per heavy atom. The predicted octanol–water partition coefficient (Wildman–Crippen LogP) is 0.378. The number of likely N-dealkylation sites (N-methyl/N-ethyl adjacent to an activating group) is 1. The number of hydrogen-bond donors (Lipinski definition) is 2. The molecule has 9 nitrogen and oxygen atoms in total. The first kappa shape index (κ1) is 19.5. The number of para-hydroxylation sites is 1. The van der Waals surface area contributed by atoms with Gasteiger partial charge in [0.1, 0.15) is 18.5 Å². The molecule has 0 saturated carbocycles. The van der Waals surface area contributed by atoms with Gasteiger partial charge in [0.25, 0.3) is 5.91 Å². The van der Waals surface area contributed by atoms with Gasteiger partial charge in [0.05, 0.1) is 6.54 Å². The van der Waals surface area contributed by atoms with Gasteiger partial charge in [0, 0.05) is 20.1 Å². The van der Waals surface area contributed by atoms with Crippen molar-refractivity contribution in [2.75, 3.05) is 33.3 Å². The second-order valence-corrected chi connectivity index (χ2v) is 7.77. The SMILES string of the molecule is Cc1ccccc1OCC(O)CN1C(N2CCCC2)=NC2C1C(=O)NC(=O)N2C. The van der Waals surface area contributed by atoms with E-state index in [-0.39, 0.29) is 19.1 Å². The Labute approximate surface area is 169 Å². The van der Waals surface area contributed by atoms with E-state index in [1.54, 1.807) is 7.05 Å². The van der Waals surface area contributed by atoms with Crippen molar-refractivity contribution >= 4 is 17.9 Å². The Kier molecular flexibility index (Phi) is 5.31. The zero-order valence-corrected chi connectivity index (χ0v) is 16.7. The van der Waals surface area contributed by atoms with E-state index in [9.17, 15) is 14.7 Å². The number of likely N-dealkylation sites (tertiary alicyclic amines) is 1. The molecule has 0 spiro atoms. The van der Waals surface area contributed by atoms with Crippen LogP contribution in [0, 0.1) is 6.92 Å². The van der Waals surface area contributed by atoms with E-state index in [0.717, 1.165) is 37.2 Å². The first-order chi connectivity index (χ1) is 14.0. The second-order valence-electron chi connectivity index (χ2n) is 7.77. The van der Waals surface area contributed by atoms with Gasteiger partial charge in [-0.05, 0) is 31.4 Å². The molecular weight excluding hydrogens is 374 g/mol. The molecule has 156 valence electrons. The number of ether oxygens (including phenoxy) is 1. The van der Waals surface area contributed by atoms with Crippen molar-refractivity contribution in [3.05, 3.63) is 29.8 Å². The normalized spacial score (nSPS) is 25.1. The molecule has 0 radical (unpaired) electrons. The third kappa shape index (κ3) is 3.74. The molecule has 3 aliphatic heterocycles. The number of carbonyl (C=O) groups excluding carboxylic acids is 2. The summed E-state index contributed by atoms with van der Waals surface area (Å²) < 4.78 is 5.78. The van der Waals surface area contributed by atoms with Crippen molar-refractivity contribution in [2.45, 2.75) is 38.1 Å². The van der Waals surface area contributed by atoms with E-state index in [4.69, 9.17) is 9.73 Å². The Morgan fingerprint density at radius 2 is 2.00 bits per heavy atom. The summed E-state index contributed by atoms with van der Waals surface area (Å²) in [6.45, 7) is 3.94. The molecule has 0 aliphatic carbocycles. The maximum atomic E-state index is 12.6. The van der Waals surface area contributed by atoms with Crippen LogP contribution in [0.2, 0.25) is 0 Å². The maximum Gasteiger partial charge on any atom is 0.325 e. The minimum absolute atomic E-state index is 0.0996. The monoisotopic (exact) mass is 401 g/mol. The quantitative estimate of drug-likeness (QED) is 0.740. The van der Waals surface area contributed by atoms with Gasteiger partial charge in [-0.15, -0.1) is 0 Å². The highest BCUT2D eigenvalue weighted by molar-refractivity contribution is 6.03. The number of nitrogens with zero attached hydrogens (tertiary/aromatic N) is 4. The average Bonchev–Trinajstić information content (AvgIpc) is 3.34. The molecule has 0 aromatic heterocycles. The van der Waals surface area contributed by atoms with Gasteiger partial charge >= 0.3 is 6.03 Å². The fourth-order valence-electron chi connectivity index (χ4n) is 4.07. The molecule has 1 aromatic rings. The van der Waals surface area contributed by atoms with Crippen molar-refractivity contribution < 1.29 is 19.4 Å². The summed E-state index contributed by atoms with van der Waals surface area (Å²) in [6.07, 6.45) is 0.706. The Balaban J connectivity index is 1.50. The highest BCUT2D eigenvalue weighted by Crippen LogP contribution is 2.27. The average molecular weight is 401 g/mol. The molecule has 2 saturated heterocycles.